The van der Waals surface area contributed by atoms with Crippen molar-refractivity contribution in [1.29, 1.82) is 0 Å². The first-order valence-electron chi connectivity index (χ1n) is 11.1. The summed E-state index contributed by atoms with van der Waals surface area (Å²) < 4.78 is 35.5. The molecule has 0 aliphatic carbocycles. The SMILES string of the molecule is CCCCCCCCCCCCCCOC[CH2][Na].O=C(O)CC(C(=O)O)S(=O)(=O)O. The van der Waals surface area contributed by atoms with Crippen LogP contribution in [0.1, 0.15) is 90.4 Å². The molecule has 30 heavy (non-hydrogen) atoms. The topological polar surface area (TPSA) is 138 Å². The summed E-state index contributed by atoms with van der Waals surface area (Å²) in [4.78, 5) is 20.0. The maximum absolute atomic E-state index is 10.2. The number of carboxylic acid groups (broad SMARTS) is 2. The number of rotatable bonds is 19. The van der Waals surface area contributed by atoms with E-state index in [-0.39, 0.29) is 0 Å². The van der Waals surface area contributed by atoms with Gasteiger partial charge in [0.25, 0.3) is 10.1 Å². The molecule has 174 valence electrons. The number of ether oxygens (including phenoxy) is 1. The third-order valence-corrected chi connectivity index (χ3v) is 5.98. The second-order valence-corrected chi connectivity index (χ2v) is 10.0. The zero-order chi connectivity index (χ0) is 23.3. The van der Waals surface area contributed by atoms with Gasteiger partial charge in [-0.15, -0.1) is 0 Å². The molecule has 0 spiro atoms. The molecule has 3 N–H and O–H groups in total. The van der Waals surface area contributed by atoms with Gasteiger partial charge in [0.05, 0.1) is 6.42 Å². The fourth-order valence-corrected chi connectivity index (χ4v) is 3.67. The van der Waals surface area contributed by atoms with Crippen LogP contribution in [-0.2, 0) is 24.4 Å². The monoisotopic (exact) mass is 462 g/mol. The van der Waals surface area contributed by atoms with Crippen molar-refractivity contribution in [2.75, 3.05) is 13.2 Å². The van der Waals surface area contributed by atoms with Gasteiger partial charge < -0.3 is 10.2 Å². The van der Waals surface area contributed by atoms with Crippen LogP contribution in [0.4, 0.5) is 0 Å². The van der Waals surface area contributed by atoms with Gasteiger partial charge in [0.2, 0.25) is 0 Å². The Morgan fingerprint density at radius 1 is 0.833 bits per heavy atom. The molecule has 0 rings (SSSR count). The molecule has 0 aromatic rings. The molecule has 0 aliphatic rings. The van der Waals surface area contributed by atoms with Gasteiger partial charge in [0.15, 0.2) is 5.25 Å². The molecule has 0 aliphatic heterocycles. The minimum Gasteiger partial charge on any atom is -0.481 e. The second kappa shape index (κ2) is 22.0. The van der Waals surface area contributed by atoms with E-state index in [9.17, 15) is 18.0 Å². The summed E-state index contributed by atoms with van der Waals surface area (Å²) in [6, 6.07) is 0. The number of hydrogen-bond acceptors (Lipinski definition) is 5. The van der Waals surface area contributed by atoms with Crippen LogP contribution in [0.25, 0.3) is 0 Å². The van der Waals surface area contributed by atoms with Crippen LogP contribution in [0.15, 0.2) is 0 Å². The molecular formula is C20H39NaO8S. The standard InChI is InChI=1S/C16H33O.C4H6O7S.Na/c1-3-5-6-7-8-9-10-11-12-13-14-15-16-17-4-2;5-3(6)1-2(4(7)8)12(9,10)11;/h2-16H2,1H3;2H,1H2,(H,5,6)(H,7,8)(H,9,10,11);. The van der Waals surface area contributed by atoms with Crippen LogP contribution in [0.3, 0.4) is 0 Å². The van der Waals surface area contributed by atoms with Crippen molar-refractivity contribution in [2.24, 2.45) is 0 Å². The molecule has 1 atom stereocenters. The van der Waals surface area contributed by atoms with Crippen molar-refractivity contribution in [1.82, 2.24) is 0 Å². The van der Waals surface area contributed by atoms with E-state index in [0.717, 1.165) is 13.2 Å². The van der Waals surface area contributed by atoms with Crippen LogP contribution >= 0.6 is 0 Å². The Kier molecular flexibility index (Phi) is 23.5. The molecule has 0 radical (unpaired) electrons. The first-order chi connectivity index (χ1) is 14.2. The summed E-state index contributed by atoms with van der Waals surface area (Å²) in [6.45, 7) is 4.29. The first kappa shape index (κ1) is 32.0. The minimum absolute atomic E-state index is 1.000. The van der Waals surface area contributed by atoms with Gasteiger partial charge in [-0.25, -0.2) is 0 Å². The molecule has 0 aromatic heterocycles. The Morgan fingerprint density at radius 2 is 1.27 bits per heavy atom. The predicted octanol–water partition coefficient (Wildman–Crippen LogP) is 4.09. The minimum atomic E-state index is -4.84. The average Bonchev–Trinajstić information content (AvgIpc) is 2.66. The summed E-state index contributed by atoms with van der Waals surface area (Å²) in [5.74, 6) is -3.50. The number of carboxylic acids is 2. The average molecular weight is 463 g/mol. The Morgan fingerprint density at radius 3 is 1.57 bits per heavy atom. The van der Waals surface area contributed by atoms with Crippen LogP contribution in [0, 0.1) is 0 Å². The van der Waals surface area contributed by atoms with E-state index in [1.807, 2.05) is 0 Å². The van der Waals surface area contributed by atoms with E-state index >= 15 is 0 Å². The van der Waals surface area contributed by atoms with Gasteiger partial charge in [-0.3, -0.25) is 14.1 Å². The van der Waals surface area contributed by atoms with E-state index in [1.54, 1.807) is 0 Å². The van der Waals surface area contributed by atoms with Gasteiger partial charge in [-0.2, -0.15) is 8.42 Å². The molecule has 10 heteroatoms. The van der Waals surface area contributed by atoms with E-state index in [1.165, 1.54) is 109 Å². The molecule has 0 saturated heterocycles. The zero-order valence-corrected chi connectivity index (χ0v) is 21.5. The molecule has 0 bridgehead atoms. The summed E-state index contributed by atoms with van der Waals surface area (Å²) in [6.07, 6.45) is 15.9. The van der Waals surface area contributed by atoms with Crippen LogP contribution < -0.4 is 0 Å². The van der Waals surface area contributed by atoms with E-state index in [4.69, 9.17) is 19.5 Å². The van der Waals surface area contributed by atoms with E-state index in [0.29, 0.717) is 0 Å². The van der Waals surface area contributed by atoms with Gasteiger partial charge >= 0.3 is 113 Å². The molecule has 1 unspecified atom stereocenters. The summed E-state index contributed by atoms with van der Waals surface area (Å²) >= 11 is 1.29. The van der Waals surface area contributed by atoms with Crippen molar-refractivity contribution in [2.45, 2.75) is 99.3 Å². The summed E-state index contributed by atoms with van der Waals surface area (Å²) in [7, 11) is -4.84. The predicted molar refractivity (Wildman–Crippen MR) is 118 cm³/mol. The van der Waals surface area contributed by atoms with Crippen LogP contribution in [-0.4, -0.2) is 81.5 Å². The van der Waals surface area contributed by atoms with Gasteiger partial charge in [-0.1, -0.05) is 32.6 Å². The quantitative estimate of drug-likeness (QED) is 0.148. The number of aliphatic carboxylic acids is 2. The van der Waals surface area contributed by atoms with Gasteiger partial charge in [0.1, 0.15) is 0 Å². The fraction of sp³-hybridized carbons (Fsp3) is 0.900. The Labute approximate surface area is 199 Å². The normalized spacial score (nSPS) is 12.1. The third-order valence-electron chi connectivity index (χ3n) is 4.49. The Bertz CT molecular complexity index is 509. The zero-order valence-electron chi connectivity index (χ0n) is 18.7. The van der Waals surface area contributed by atoms with Crippen molar-refractivity contribution < 1.29 is 37.5 Å². The molecule has 0 saturated carbocycles. The van der Waals surface area contributed by atoms with Crippen LogP contribution in [0.2, 0.25) is 3.67 Å². The fourth-order valence-electron chi connectivity index (χ4n) is 2.77. The molecule has 8 nitrogen and oxygen atoms in total. The molecule has 0 aromatic carbocycles. The Hall–Kier alpha value is -0.190. The number of carbonyl (C=O) groups is 2. The summed E-state index contributed by atoms with van der Waals surface area (Å²) in [5.41, 5.74) is 0. The van der Waals surface area contributed by atoms with Crippen molar-refractivity contribution in [3.63, 3.8) is 0 Å². The van der Waals surface area contributed by atoms with E-state index < -0.39 is 33.7 Å². The van der Waals surface area contributed by atoms with E-state index in [2.05, 4.69) is 6.92 Å². The Balaban J connectivity index is 0. The number of hydrogen-bond donors (Lipinski definition) is 3. The maximum atomic E-state index is 10.2. The van der Waals surface area contributed by atoms with Gasteiger partial charge in [0, 0.05) is 0 Å². The number of unbranched alkanes of at least 4 members (excludes halogenated alkanes) is 11. The smallest absolute Gasteiger partial charge is 0.325 e. The maximum Gasteiger partial charge on any atom is 0.325 e. The van der Waals surface area contributed by atoms with Crippen molar-refractivity contribution in [3.8, 4) is 0 Å². The molecular weight excluding hydrogens is 423 g/mol. The largest absolute Gasteiger partial charge is 0.481 e. The third kappa shape index (κ3) is 24.1. The first-order valence-corrected chi connectivity index (χ1v) is 14.1. The second-order valence-electron chi connectivity index (χ2n) is 7.44. The van der Waals surface area contributed by atoms with Crippen molar-refractivity contribution in [3.05, 3.63) is 0 Å². The van der Waals surface area contributed by atoms with Crippen molar-refractivity contribution >= 4 is 50.0 Å². The van der Waals surface area contributed by atoms with Gasteiger partial charge in [-0.05, 0) is 0 Å². The van der Waals surface area contributed by atoms with Crippen LogP contribution in [0.5, 0.6) is 0 Å². The molecule has 0 fully saturated rings. The summed E-state index contributed by atoms with van der Waals surface area (Å²) in [5, 5.41) is 13.9. The molecule has 0 amide bonds. The molecule has 0 heterocycles.